The van der Waals surface area contributed by atoms with E-state index in [2.05, 4.69) is 9.97 Å². The molecule has 2 heterocycles. The van der Waals surface area contributed by atoms with E-state index in [4.69, 9.17) is 17.3 Å². The van der Waals surface area contributed by atoms with Gasteiger partial charge in [0.15, 0.2) is 0 Å². The van der Waals surface area contributed by atoms with Crippen LogP contribution < -0.4 is 5.73 Å². The molecule has 68 valence electrons. The van der Waals surface area contributed by atoms with E-state index in [0.717, 1.165) is 23.0 Å². The number of nitrogens with zero attached hydrogens (tertiary/aromatic N) is 1. The molecule has 4 heteroatoms. The fourth-order valence-corrected chi connectivity index (χ4v) is 1.54. The van der Waals surface area contributed by atoms with Gasteiger partial charge in [-0.05, 0) is 24.6 Å². The van der Waals surface area contributed by atoms with Crippen LogP contribution >= 0.6 is 11.6 Å². The Hall–Kier alpha value is -1.06. The van der Waals surface area contributed by atoms with Crippen molar-refractivity contribution in [1.82, 2.24) is 9.97 Å². The summed E-state index contributed by atoms with van der Waals surface area (Å²) in [5, 5.41) is 0.647. The van der Waals surface area contributed by atoms with Gasteiger partial charge in [-0.3, -0.25) is 4.98 Å². The number of pyridine rings is 1. The number of H-pyrrole nitrogens is 1. The highest BCUT2D eigenvalue weighted by atomic mass is 35.5. The largest absolute Gasteiger partial charge is 0.360 e. The molecule has 2 aromatic heterocycles. The van der Waals surface area contributed by atoms with Crippen LogP contribution in [0.15, 0.2) is 18.5 Å². The Balaban J connectivity index is 2.55. The number of rotatable bonds is 2. The molecule has 0 fully saturated rings. The van der Waals surface area contributed by atoms with Crippen LogP contribution in [0.3, 0.4) is 0 Å². The normalized spacial score (nSPS) is 10.9. The van der Waals surface area contributed by atoms with Crippen molar-refractivity contribution in [2.45, 2.75) is 6.42 Å². The lowest BCUT2D eigenvalue weighted by Crippen LogP contribution is -2.02. The van der Waals surface area contributed by atoms with Gasteiger partial charge in [0.25, 0.3) is 0 Å². The molecule has 0 saturated heterocycles. The zero-order chi connectivity index (χ0) is 9.26. The summed E-state index contributed by atoms with van der Waals surface area (Å²) in [6.07, 6.45) is 4.42. The molecule has 0 spiro atoms. The Labute approximate surface area is 80.9 Å². The Morgan fingerprint density at radius 1 is 1.54 bits per heavy atom. The van der Waals surface area contributed by atoms with Crippen molar-refractivity contribution in [3.05, 3.63) is 29.0 Å². The number of fused-ring (bicyclic) bond motifs is 1. The molecule has 0 radical (unpaired) electrons. The van der Waals surface area contributed by atoms with Crippen LogP contribution in [-0.2, 0) is 6.42 Å². The Bertz CT molecular complexity index is 422. The summed E-state index contributed by atoms with van der Waals surface area (Å²) < 4.78 is 0. The molecule has 0 atom stereocenters. The van der Waals surface area contributed by atoms with E-state index in [9.17, 15) is 0 Å². The molecule has 3 N–H and O–H groups in total. The van der Waals surface area contributed by atoms with E-state index in [0.29, 0.717) is 11.6 Å². The summed E-state index contributed by atoms with van der Waals surface area (Å²) in [6.45, 7) is 0.636. The third-order valence-corrected chi connectivity index (χ3v) is 2.18. The van der Waals surface area contributed by atoms with Crippen molar-refractivity contribution in [2.75, 3.05) is 6.54 Å². The number of aromatic nitrogens is 2. The van der Waals surface area contributed by atoms with Gasteiger partial charge in [0.2, 0.25) is 0 Å². The van der Waals surface area contributed by atoms with E-state index in [1.807, 2.05) is 12.3 Å². The highest BCUT2D eigenvalue weighted by Crippen LogP contribution is 2.19. The third kappa shape index (κ3) is 1.53. The minimum atomic E-state index is 0.636. The van der Waals surface area contributed by atoms with Crippen molar-refractivity contribution < 1.29 is 0 Å². The first-order valence-corrected chi connectivity index (χ1v) is 4.50. The summed E-state index contributed by atoms with van der Waals surface area (Å²) in [5.74, 6) is 0. The fraction of sp³-hybridized carbons (Fsp3) is 0.222. The Morgan fingerprint density at radius 3 is 3.15 bits per heavy atom. The molecular weight excluding hydrogens is 186 g/mol. The molecule has 2 aromatic rings. The fourth-order valence-electron chi connectivity index (χ4n) is 1.38. The van der Waals surface area contributed by atoms with Gasteiger partial charge in [-0.15, -0.1) is 0 Å². The molecule has 0 bridgehead atoms. The van der Waals surface area contributed by atoms with Gasteiger partial charge in [-0.25, -0.2) is 0 Å². The maximum absolute atomic E-state index is 5.80. The lowest BCUT2D eigenvalue weighted by atomic mass is 10.2. The zero-order valence-corrected chi connectivity index (χ0v) is 7.80. The molecule has 0 amide bonds. The van der Waals surface area contributed by atoms with Gasteiger partial charge in [0.05, 0.1) is 16.1 Å². The molecule has 2 rings (SSSR count). The van der Waals surface area contributed by atoms with Crippen molar-refractivity contribution in [1.29, 1.82) is 0 Å². The van der Waals surface area contributed by atoms with Crippen LogP contribution in [0.2, 0.25) is 5.02 Å². The summed E-state index contributed by atoms with van der Waals surface area (Å²) in [4.78, 5) is 7.35. The number of hydrogen-bond acceptors (Lipinski definition) is 2. The van der Waals surface area contributed by atoms with Gasteiger partial charge in [0.1, 0.15) is 0 Å². The molecular formula is C9H10ClN3. The Kier molecular flexibility index (Phi) is 2.20. The molecule has 13 heavy (non-hydrogen) atoms. The maximum Gasteiger partial charge on any atom is 0.0912 e. The summed E-state index contributed by atoms with van der Waals surface area (Å²) >= 11 is 5.80. The minimum absolute atomic E-state index is 0.636. The lowest BCUT2D eigenvalue weighted by molar-refractivity contribution is 0.973. The molecule has 3 nitrogen and oxygen atoms in total. The number of nitrogens with two attached hydrogens (primary N) is 1. The van der Waals surface area contributed by atoms with Crippen molar-refractivity contribution in [2.24, 2.45) is 5.73 Å². The summed E-state index contributed by atoms with van der Waals surface area (Å²) in [6, 6.07) is 1.86. The van der Waals surface area contributed by atoms with Gasteiger partial charge in [0, 0.05) is 12.4 Å². The molecule has 0 aliphatic heterocycles. The SMILES string of the molecule is NCCc1c[nH]c2cc(Cl)cnc12. The van der Waals surface area contributed by atoms with Crippen molar-refractivity contribution in [3.63, 3.8) is 0 Å². The van der Waals surface area contributed by atoms with E-state index in [1.165, 1.54) is 0 Å². The highest BCUT2D eigenvalue weighted by molar-refractivity contribution is 6.31. The van der Waals surface area contributed by atoms with Crippen molar-refractivity contribution in [3.8, 4) is 0 Å². The smallest absolute Gasteiger partial charge is 0.0912 e. The summed E-state index contributed by atoms with van der Waals surface area (Å²) in [5.41, 5.74) is 8.56. The molecule has 0 aliphatic rings. The van der Waals surface area contributed by atoms with Gasteiger partial charge in [-0.1, -0.05) is 11.6 Å². The Morgan fingerprint density at radius 2 is 2.38 bits per heavy atom. The topological polar surface area (TPSA) is 54.7 Å². The second-order valence-corrected chi connectivity index (χ2v) is 3.34. The average molecular weight is 196 g/mol. The second kappa shape index (κ2) is 3.36. The first-order chi connectivity index (χ1) is 6.31. The third-order valence-electron chi connectivity index (χ3n) is 1.97. The van der Waals surface area contributed by atoms with E-state index >= 15 is 0 Å². The standard InChI is InChI=1S/C9H10ClN3/c10-7-3-8-9(13-5-7)6(1-2-11)4-12-8/h3-5,12H,1-2,11H2. The second-order valence-electron chi connectivity index (χ2n) is 2.90. The summed E-state index contributed by atoms with van der Waals surface area (Å²) in [7, 11) is 0. The molecule has 0 unspecified atom stereocenters. The predicted molar refractivity (Wildman–Crippen MR) is 53.9 cm³/mol. The first kappa shape index (κ1) is 8.53. The number of aromatic amines is 1. The van der Waals surface area contributed by atoms with E-state index in [1.54, 1.807) is 6.20 Å². The predicted octanol–water partition coefficient (Wildman–Crippen LogP) is 1.72. The van der Waals surface area contributed by atoms with Crippen LogP contribution in [0, 0.1) is 0 Å². The number of halogens is 1. The van der Waals surface area contributed by atoms with E-state index in [-0.39, 0.29) is 0 Å². The minimum Gasteiger partial charge on any atom is -0.360 e. The van der Waals surface area contributed by atoms with Gasteiger partial charge >= 0.3 is 0 Å². The molecule has 0 saturated carbocycles. The van der Waals surface area contributed by atoms with Crippen molar-refractivity contribution >= 4 is 22.6 Å². The number of hydrogen-bond donors (Lipinski definition) is 2. The first-order valence-electron chi connectivity index (χ1n) is 4.13. The monoisotopic (exact) mass is 195 g/mol. The van der Waals surface area contributed by atoms with Gasteiger partial charge in [-0.2, -0.15) is 0 Å². The van der Waals surface area contributed by atoms with Crippen LogP contribution in [0.25, 0.3) is 11.0 Å². The quantitative estimate of drug-likeness (QED) is 0.767. The van der Waals surface area contributed by atoms with Crippen LogP contribution in [0.1, 0.15) is 5.56 Å². The van der Waals surface area contributed by atoms with Crippen LogP contribution in [0.4, 0.5) is 0 Å². The highest BCUT2D eigenvalue weighted by Gasteiger charge is 2.03. The number of nitrogens with one attached hydrogen (secondary N) is 1. The zero-order valence-electron chi connectivity index (χ0n) is 7.05. The lowest BCUT2D eigenvalue weighted by Gasteiger charge is -1.94. The van der Waals surface area contributed by atoms with Gasteiger partial charge < -0.3 is 10.7 Å². The van der Waals surface area contributed by atoms with Crippen LogP contribution in [-0.4, -0.2) is 16.5 Å². The molecule has 0 aromatic carbocycles. The van der Waals surface area contributed by atoms with E-state index < -0.39 is 0 Å². The molecule has 0 aliphatic carbocycles. The van der Waals surface area contributed by atoms with Crippen LogP contribution in [0.5, 0.6) is 0 Å². The average Bonchev–Trinajstić information content (AvgIpc) is 2.49. The maximum atomic E-state index is 5.80.